The van der Waals surface area contributed by atoms with Gasteiger partial charge >= 0.3 is 0 Å². The van der Waals surface area contributed by atoms with E-state index < -0.39 is 6.10 Å². The lowest BCUT2D eigenvalue weighted by Gasteiger charge is -2.22. The molecular weight excluding hydrogens is 315 g/mol. The van der Waals surface area contributed by atoms with E-state index in [0.717, 1.165) is 0 Å². The van der Waals surface area contributed by atoms with Crippen LogP contribution in [0.4, 0.5) is 0 Å². The van der Waals surface area contributed by atoms with Gasteiger partial charge in [-0.25, -0.2) is 0 Å². The number of carbonyl (C=O) groups is 2. The highest BCUT2D eigenvalue weighted by Gasteiger charge is 2.24. The molecule has 5 nitrogen and oxygen atoms in total. The van der Waals surface area contributed by atoms with Crippen LogP contribution in [0, 0.1) is 5.92 Å². The minimum absolute atomic E-state index is 0.0352. The molecule has 2 unspecified atom stereocenters. The summed E-state index contributed by atoms with van der Waals surface area (Å²) in [7, 11) is 0. The number of carbonyl (C=O) groups excluding carboxylic acids is 2. The lowest BCUT2D eigenvalue weighted by atomic mass is 9.98. The molecule has 7 heteroatoms. The van der Waals surface area contributed by atoms with Crippen LogP contribution in [0.5, 0.6) is 0 Å². The molecule has 0 spiro atoms. The molecular formula is C14H16Cl2N2O3. The van der Waals surface area contributed by atoms with E-state index in [2.05, 4.69) is 10.6 Å². The van der Waals surface area contributed by atoms with E-state index in [0.29, 0.717) is 35.0 Å². The van der Waals surface area contributed by atoms with Crippen LogP contribution in [-0.4, -0.2) is 30.0 Å². The van der Waals surface area contributed by atoms with Crippen LogP contribution in [0.1, 0.15) is 24.5 Å². The monoisotopic (exact) mass is 330 g/mol. The largest absolute Gasteiger partial charge is 0.387 e. The molecule has 0 aliphatic carbocycles. The van der Waals surface area contributed by atoms with E-state index in [1.54, 1.807) is 18.2 Å². The van der Waals surface area contributed by atoms with Crippen LogP contribution in [0.3, 0.4) is 0 Å². The van der Waals surface area contributed by atoms with Crippen LogP contribution in [0.25, 0.3) is 0 Å². The number of halogens is 2. The fourth-order valence-corrected chi connectivity index (χ4v) is 2.71. The molecule has 21 heavy (non-hydrogen) atoms. The molecule has 1 fully saturated rings. The Hall–Kier alpha value is -1.30. The van der Waals surface area contributed by atoms with Gasteiger partial charge in [-0.15, -0.1) is 0 Å². The van der Waals surface area contributed by atoms with Crippen molar-refractivity contribution >= 4 is 35.0 Å². The Bertz CT molecular complexity index is 541. The van der Waals surface area contributed by atoms with E-state index in [-0.39, 0.29) is 24.3 Å². The Balaban J connectivity index is 1.87. The van der Waals surface area contributed by atoms with Gasteiger partial charge in [-0.1, -0.05) is 29.3 Å². The summed E-state index contributed by atoms with van der Waals surface area (Å²) < 4.78 is 0. The second-order valence-corrected chi connectivity index (χ2v) is 5.81. The maximum absolute atomic E-state index is 12.0. The Morgan fingerprint density at radius 1 is 1.48 bits per heavy atom. The quantitative estimate of drug-likeness (QED) is 0.785. The summed E-state index contributed by atoms with van der Waals surface area (Å²) in [5.41, 5.74) is 0.512. The van der Waals surface area contributed by atoms with Gasteiger partial charge in [0.25, 0.3) is 0 Å². The second kappa shape index (κ2) is 7.11. The van der Waals surface area contributed by atoms with Crippen molar-refractivity contribution in [3.05, 3.63) is 33.8 Å². The molecule has 114 valence electrons. The van der Waals surface area contributed by atoms with Crippen LogP contribution in [0.2, 0.25) is 10.0 Å². The topological polar surface area (TPSA) is 78.4 Å². The number of rotatable bonds is 4. The Labute approximate surface area is 132 Å². The molecule has 1 saturated heterocycles. The van der Waals surface area contributed by atoms with Gasteiger partial charge in [-0.3, -0.25) is 9.59 Å². The summed E-state index contributed by atoms with van der Waals surface area (Å²) >= 11 is 11.8. The lowest BCUT2D eigenvalue weighted by molar-refractivity contribution is -0.129. The first kappa shape index (κ1) is 16.1. The summed E-state index contributed by atoms with van der Waals surface area (Å²) in [6.07, 6.45) is -0.0315. The van der Waals surface area contributed by atoms with Crippen LogP contribution in [-0.2, 0) is 9.59 Å². The van der Waals surface area contributed by atoms with Crippen molar-refractivity contribution in [2.45, 2.75) is 18.9 Å². The number of piperidine rings is 1. The van der Waals surface area contributed by atoms with Crippen molar-refractivity contribution in [2.75, 3.05) is 13.1 Å². The zero-order valence-corrected chi connectivity index (χ0v) is 12.7. The van der Waals surface area contributed by atoms with E-state index in [1.807, 2.05) is 0 Å². The smallest absolute Gasteiger partial charge is 0.225 e. The highest BCUT2D eigenvalue weighted by Crippen LogP contribution is 2.26. The Kier molecular flexibility index (Phi) is 5.45. The average Bonchev–Trinajstić information content (AvgIpc) is 2.45. The van der Waals surface area contributed by atoms with Gasteiger partial charge in [0, 0.05) is 35.1 Å². The fourth-order valence-electron chi connectivity index (χ4n) is 2.18. The third-order valence-electron chi connectivity index (χ3n) is 3.43. The number of nitrogens with one attached hydrogen (secondary N) is 2. The molecule has 1 heterocycles. The van der Waals surface area contributed by atoms with Crippen LogP contribution < -0.4 is 10.6 Å². The summed E-state index contributed by atoms with van der Waals surface area (Å²) in [5, 5.41) is 16.2. The number of aliphatic hydroxyl groups is 1. The first-order chi connectivity index (χ1) is 9.97. The van der Waals surface area contributed by atoms with Gasteiger partial charge in [0.15, 0.2) is 0 Å². The molecule has 1 aromatic rings. The molecule has 0 aromatic heterocycles. The predicted octanol–water partition coefficient (Wildman–Crippen LogP) is 1.67. The molecule has 1 aliphatic heterocycles. The second-order valence-electron chi connectivity index (χ2n) is 4.97. The minimum Gasteiger partial charge on any atom is -0.387 e. The molecule has 2 amide bonds. The van der Waals surface area contributed by atoms with Crippen molar-refractivity contribution in [1.29, 1.82) is 0 Å². The maximum atomic E-state index is 12.0. The fraction of sp³-hybridized carbons (Fsp3) is 0.429. The lowest BCUT2D eigenvalue weighted by Crippen LogP contribution is -2.43. The molecule has 1 aromatic carbocycles. The average molecular weight is 331 g/mol. The van der Waals surface area contributed by atoms with E-state index >= 15 is 0 Å². The number of amides is 2. The molecule has 0 saturated carbocycles. The predicted molar refractivity (Wildman–Crippen MR) is 80.2 cm³/mol. The number of hydrogen-bond donors (Lipinski definition) is 3. The van der Waals surface area contributed by atoms with Gasteiger partial charge in [0.2, 0.25) is 11.8 Å². The van der Waals surface area contributed by atoms with Crippen LogP contribution >= 0.6 is 23.2 Å². The minimum atomic E-state index is -0.906. The molecule has 2 atom stereocenters. The van der Waals surface area contributed by atoms with E-state index in [4.69, 9.17) is 23.2 Å². The molecule has 0 radical (unpaired) electrons. The first-order valence-electron chi connectivity index (χ1n) is 6.65. The zero-order valence-electron chi connectivity index (χ0n) is 11.2. The highest BCUT2D eigenvalue weighted by atomic mass is 35.5. The summed E-state index contributed by atoms with van der Waals surface area (Å²) in [6, 6.07) is 4.80. The highest BCUT2D eigenvalue weighted by molar-refractivity contribution is 6.35. The Morgan fingerprint density at radius 2 is 2.24 bits per heavy atom. The van der Waals surface area contributed by atoms with Crippen LogP contribution in [0.15, 0.2) is 18.2 Å². The van der Waals surface area contributed by atoms with Gasteiger partial charge in [0.05, 0.1) is 12.0 Å². The molecule has 2 rings (SSSR count). The number of benzene rings is 1. The molecule has 0 bridgehead atoms. The van der Waals surface area contributed by atoms with E-state index in [1.165, 1.54) is 0 Å². The molecule has 1 aliphatic rings. The van der Waals surface area contributed by atoms with Gasteiger partial charge in [0.1, 0.15) is 0 Å². The third kappa shape index (κ3) is 4.33. The van der Waals surface area contributed by atoms with E-state index in [9.17, 15) is 14.7 Å². The normalized spacial score (nSPS) is 19.8. The van der Waals surface area contributed by atoms with Crippen molar-refractivity contribution in [3.63, 3.8) is 0 Å². The van der Waals surface area contributed by atoms with Crippen molar-refractivity contribution in [1.82, 2.24) is 10.6 Å². The third-order valence-corrected chi connectivity index (χ3v) is 3.99. The van der Waals surface area contributed by atoms with Gasteiger partial charge in [-0.05, 0) is 18.6 Å². The summed E-state index contributed by atoms with van der Waals surface area (Å²) in [5.74, 6) is -0.471. The van der Waals surface area contributed by atoms with Gasteiger partial charge in [-0.2, -0.15) is 0 Å². The van der Waals surface area contributed by atoms with Crippen molar-refractivity contribution in [2.24, 2.45) is 5.92 Å². The Morgan fingerprint density at radius 3 is 2.86 bits per heavy atom. The number of hydrogen-bond acceptors (Lipinski definition) is 3. The SMILES string of the molecule is O=C1CCC(C(=O)NCC(O)c2ccc(Cl)cc2Cl)CN1. The summed E-state index contributed by atoms with van der Waals surface area (Å²) in [4.78, 5) is 23.0. The van der Waals surface area contributed by atoms with Crippen molar-refractivity contribution < 1.29 is 14.7 Å². The summed E-state index contributed by atoms with van der Waals surface area (Å²) in [6.45, 7) is 0.396. The van der Waals surface area contributed by atoms with Crippen molar-refractivity contribution in [3.8, 4) is 0 Å². The molecule has 3 N–H and O–H groups in total. The maximum Gasteiger partial charge on any atom is 0.225 e. The standard InChI is InChI=1S/C14H16Cl2N2O3/c15-9-2-3-10(11(16)5-9)12(19)7-18-14(21)8-1-4-13(20)17-6-8/h2-3,5,8,12,19H,1,4,6-7H2,(H,17,20)(H,18,21). The number of aliphatic hydroxyl groups excluding tert-OH is 1. The zero-order chi connectivity index (χ0) is 15.4. The van der Waals surface area contributed by atoms with Gasteiger partial charge < -0.3 is 15.7 Å². The first-order valence-corrected chi connectivity index (χ1v) is 7.40.